The van der Waals surface area contributed by atoms with Crippen LogP contribution in [0.5, 0.6) is 0 Å². The minimum absolute atomic E-state index is 0.125. The second kappa shape index (κ2) is 12.2. The zero-order valence-corrected chi connectivity index (χ0v) is 19.8. The molecule has 4 rings (SSSR count). The van der Waals surface area contributed by atoms with Gasteiger partial charge in [0, 0.05) is 6.42 Å². The molecule has 1 saturated heterocycles. The maximum absolute atomic E-state index is 13.8. The highest BCUT2D eigenvalue weighted by molar-refractivity contribution is 5.84. The minimum atomic E-state index is -4.81. The quantitative estimate of drug-likeness (QED) is 0.259. The number of ether oxygens (including phenoxy) is 4. The molecule has 190 valence electrons. The second-order valence-corrected chi connectivity index (χ2v) is 8.48. The molecule has 0 aromatic heterocycles. The Labute approximate surface area is 208 Å². The Morgan fingerprint density at radius 3 is 1.83 bits per heavy atom. The zero-order valence-electron chi connectivity index (χ0n) is 19.8. The van der Waals surface area contributed by atoms with Gasteiger partial charge in [-0.2, -0.15) is 13.2 Å². The van der Waals surface area contributed by atoms with E-state index in [9.17, 15) is 13.2 Å². The molecule has 0 amide bonds. The summed E-state index contributed by atoms with van der Waals surface area (Å²) in [5, 5.41) is 0. The van der Waals surface area contributed by atoms with Crippen LogP contribution in [0.15, 0.2) is 96.0 Å². The van der Waals surface area contributed by atoms with Gasteiger partial charge in [-0.05, 0) is 30.2 Å². The van der Waals surface area contributed by atoms with Crippen molar-refractivity contribution >= 4 is 11.6 Å². The van der Waals surface area contributed by atoms with Crippen LogP contribution in [0.2, 0.25) is 0 Å². The summed E-state index contributed by atoms with van der Waals surface area (Å²) in [5.74, 6) is -1.39. The molecule has 0 unspecified atom stereocenters. The summed E-state index contributed by atoms with van der Waals surface area (Å²) < 4.78 is 64.9. The number of benzene rings is 3. The number of aliphatic imine (C=N–C) groups is 1. The summed E-state index contributed by atoms with van der Waals surface area (Å²) in [7, 11) is 0. The molecule has 36 heavy (non-hydrogen) atoms. The van der Waals surface area contributed by atoms with Gasteiger partial charge in [-0.1, -0.05) is 78.9 Å². The summed E-state index contributed by atoms with van der Waals surface area (Å²) in [6.07, 6.45) is -7.57. The van der Waals surface area contributed by atoms with Crippen LogP contribution < -0.4 is 0 Å². The fraction of sp³-hybridized carbons (Fsp3) is 0.321. The smallest absolute Gasteiger partial charge is 0.441 e. The number of hydrogen-bond acceptors (Lipinski definition) is 5. The lowest BCUT2D eigenvalue weighted by Crippen LogP contribution is -2.50. The minimum Gasteiger partial charge on any atom is -0.441 e. The third-order valence-corrected chi connectivity index (χ3v) is 5.71. The monoisotopic (exact) mass is 499 g/mol. The molecule has 3 aromatic rings. The number of hydrogen-bond donors (Lipinski definition) is 0. The summed E-state index contributed by atoms with van der Waals surface area (Å²) in [6, 6.07) is 26.8. The first-order chi connectivity index (χ1) is 17.4. The molecule has 1 heterocycles. The van der Waals surface area contributed by atoms with Crippen LogP contribution in [0.4, 0.5) is 18.9 Å². The first-order valence-corrected chi connectivity index (χ1v) is 11.7. The number of nitrogens with zero attached hydrogens (tertiary/aromatic N) is 1. The lowest BCUT2D eigenvalue weighted by molar-refractivity contribution is -0.262. The largest absolute Gasteiger partial charge is 0.468 e. The van der Waals surface area contributed by atoms with Crippen molar-refractivity contribution in [1.29, 1.82) is 0 Å². The lowest BCUT2D eigenvalue weighted by Gasteiger charge is -2.39. The van der Waals surface area contributed by atoms with Gasteiger partial charge in [0.2, 0.25) is 6.29 Å². The van der Waals surface area contributed by atoms with Crippen LogP contribution in [0, 0.1) is 0 Å². The van der Waals surface area contributed by atoms with Crippen LogP contribution in [0.3, 0.4) is 0 Å². The maximum atomic E-state index is 13.8. The summed E-state index contributed by atoms with van der Waals surface area (Å²) >= 11 is 0. The molecule has 1 fully saturated rings. The van der Waals surface area contributed by atoms with Crippen molar-refractivity contribution in [3.63, 3.8) is 0 Å². The molecule has 4 atom stereocenters. The first-order valence-electron chi connectivity index (χ1n) is 11.7. The number of rotatable bonds is 8. The SMILES string of the molecule is C[C@H]1O[C@H](OC(=Nc2ccccc2)C(F)(F)F)[C@@H](OCc2ccccc2)C[C@@H]1OCc1ccccc1. The van der Waals surface area contributed by atoms with Gasteiger partial charge in [0.05, 0.1) is 31.1 Å². The van der Waals surface area contributed by atoms with Crippen molar-refractivity contribution in [3.8, 4) is 0 Å². The van der Waals surface area contributed by atoms with Crippen LogP contribution in [0.25, 0.3) is 0 Å². The zero-order chi connectivity index (χ0) is 25.4. The van der Waals surface area contributed by atoms with Crippen LogP contribution in [-0.4, -0.2) is 36.7 Å². The molecule has 5 nitrogen and oxygen atoms in total. The Morgan fingerprint density at radius 1 is 0.806 bits per heavy atom. The van der Waals surface area contributed by atoms with Crippen molar-refractivity contribution in [1.82, 2.24) is 0 Å². The van der Waals surface area contributed by atoms with E-state index < -0.39 is 36.7 Å². The van der Waals surface area contributed by atoms with Crippen LogP contribution >= 0.6 is 0 Å². The van der Waals surface area contributed by atoms with Gasteiger partial charge < -0.3 is 18.9 Å². The standard InChI is InChI=1S/C28H28F3NO4/c1-20-24(33-18-21-11-5-2-6-12-21)17-25(34-19-22-13-7-3-8-14-22)26(35-20)36-27(28(29,30)31)32-23-15-9-4-10-16-23/h2-16,20,24-26H,17-19H2,1H3/t20-,24+,25+,26-/m1/s1. The van der Waals surface area contributed by atoms with Crippen molar-refractivity contribution in [2.75, 3.05) is 0 Å². The highest BCUT2D eigenvalue weighted by Crippen LogP contribution is 2.31. The molecule has 0 N–H and O–H groups in total. The van der Waals surface area contributed by atoms with E-state index in [-0.39, 0.29) is 12.3 Å². The van der Waals surface area contributed by atoms with Crippen molar-refractivity contribution in [2.45, 2.75) is 57.3 Å². The molecular weight excluding hydrogens is 471 g/mol. The second-order valence-electron chi connectivity index (χ2n) is 8.48. The Bertz CT molecular complexity index is 1090. The van der Waals surface area contributed by atoms with E-state index in [2.05, 4.69) is 4.99 Å². The number of halogens is 3. The van der Waals surface area contributed by atoms with E-state index in [1.54, 1.807) is 25.1 Å². The summed E-state index contributed by atoms with van der Waals surface area (Å²) in [6.45, 7) is 2.28. The third kappa shape index (κ3) is 7.40. The number of alkyl halides is 3. The third-order valence-electron chi connectivity index (χ3n) is 5.71. The summed E-state index contributed by atoms with van der Waals surface area (Å²) in [5.41, 5.74) is 1.99. The van der Waals surface area contributed by atoms with E-state index in [4.69, 9.17) is 18.9 Å². The highest BCUT2D eigenvalue weighted by Gasteiger charge is 2.45. The van der Waals surface area contributed by atoms with E-state index in [0.717, 1.165) is 11.1 Å². The average Bonchev–Trinajstić information content (AvgIpc) is 2.88. The number of para-hydroxylation sites is 1. The molecule has 3 aromatic carbocycles. The fourth-order valence-electron chi connectivity index (χ4n) is 3.81. The average molecular weight is 500 g/mol. The Kier molecular flexibility index (Phi) is 8.74. The topological polar surface area (TPSA) is 49.3 Å². The maximum Gasteiger partial charge on any atom is 0.468 e. The Balaban J connectivity index is 1.51. The first kappa shape index (κ1) is 25.9. The molecule has 1 aliphatic heterocycles. The molecule has 0 aliphatic carbocycles. The molecule has 0 radical (unpaired) electrons. The van der Waals surface area contributed by atoms with Crippen molar-refractivity contribution in [3.05, 3.63) is 102 Å². The van der Waals surface area contributed by atoms with Gasteiger partial charge in [0.1, 0.15) is 6.10 Å². The molecule has 0 spiro atoms. The van der Waals surface area contributed by atoms with Crippen molar-refractivity contribution < 1.29 is 32.1 Å². The molecule has 0 saturated carbocycles. The van der Waals surface area contributed by atoms with E-state index in [1.165, 1.54) is 12.1 Å². The fourth-order valence-corrected chi connectivity index (χ4v) is 3.81. The molecule has 0 bridgehead atoms. The highest BCUT2D eigenvalue weighted by atomic mass is 19.4. The van der Waals surface area contributed by atoms with Gasteiger partial charge in [-0.15, -0.1) is 0 Å². The lowest BCUT2D eigenvalue weighted by atomic mass is 10.0. The Hall–Kier alpha value is -3.20. The van der Waals surface area contributed by atoms with E-state index in [0.29, 0.717) is 13.0 Å². The van der Waals surface area contributed by atoms with E-state index >= 15 is 0 Å². The van der Waals surface area contributed by atoms with Gasteiger partial charge >= 0.3 is 6.18 Å². The molecule has 8 heteroatoms. The normalized spacial score (nSPS) is 22.8. The predicted octanol–water partition coefficient (Wildman–Crippen LogP) is 6.60. The van der Waals surface area contributed by atoms with Gasteiger partial charge in [0.25, 0.3) is 5.90 Å². The van der Waals surface area contributed by atoms with Crippen LogP contribution in [-0.2, 0) is 32.2 Å². The molecular formula is C28H28F3NO4. The van der Waals surface area contributed by atoms with Gasteiger partial charge in [0.15, 0.2) is 0 Å². The van der Waals surface area contributed by atoms with Gasteiger partial charge in [-0.25, -0.2) is 4.99 Å². The predicted molar refractivity (Wildman–Crippen MR) is 130 cm³/mol. The van der Waals surface area contributed by atoms with Crippen LogP contribution in [0.1, 0.15) is 24.5 Å². The van der Waals surface area contributed by atoms with E-state index in [1.807, 2.05) is 60.7 Å². The Morgan fingerprint density at radius 2 is 1.31 bits per heavy atom. The molecule has 1 aliphatic rings. The van der Waals surface area contributed by atoms with Crippen molar-refractivity contribution in [2.24, 2.45) is 4.99 Å². The van der Waals surface area contributed by atoms with Gasteiger partial charge in [-0.3, -0.25) is 0 Å². The summed E-state index contributed by atoms with van der Waals surface area (Å²) in [4.78, 5) is 3.70.